The summed E-state index contributed by atoms with van der Waals surface area (Å²) in [5, 5.41) is 12.1. The molecule has 2 aromatic carbocycles. The van der Waals surface area contributed by atoms with Gasteiger partial charge in [-0.3, -0.25) is 25.0 Å². The molecule has 3 aliphatic rings. The molecule has 3 N–H and O–H groups in total. The van der Waals surface area contributed by atoms with E-state index in [-0.39, 0.29) is 30.7 Å². The number of fused-ring (bicyclic) bond motifs is 3. The van der Waals surface area contributed by atoms with E-state index in [1.807, 2.05) is 23.1 Å². The molecule has 43 heavy (non-hydrogen) atoms. The molecule has 0 atom stereocenters. The first kappa shape index (κ1) is 30.5. The number of aromatic nitrogens is 2. The predicted octanol–water partition coefficient (Wildman–Crippen LogP) is 3.01. The molecule has 2 saturated heterocycles. The molecular weight excluding hydrogens is 574 g/mol. The lowest BCUT2D eigenvalue weighted by Gasteiger charge is -2.36. The number of piperazine rings is 1. The number of rotatable bonds is 7. The maximum absolute atomic E-state index is 13.7. The Morgan fingerprint density at radius 3 is 2.42 bits per heavy atom. The third kappa shape index (κ3) is 6.37. The fourth-order valence-electron chi connectivity index (χ4n) is 5.60. The number of carbonyl (C=O) groups excluding carboxylic acids is 3. The van der Waals surface area contributed by atoms with Gasteiger partial charge < -0.3 is 19.7 Å². The van der Waals surface area contributed by atoms with Crippen LogP contribution < -0.4 is 15.5 Å². The highest BCUT2D eigenvalue weighted by Gasteiger charge is 2.35. The second-order valence-electron chi connectivity index (χ2n) is 10.9. The Morgan fingerprint density at radius 1 is 1.00 bits per heavy atom. The minimum absolute atomic E-state index is 0. The number of carbonyl (C=O) groups is 3. The first-order valence-corrected chi connectivity index (χ1v) is 14.3. The largest absolute Gasteiger partial charge is 0.484 e. The second-order valence-corrected chi connectivity index (χ2v) is 10.9. The Balaban J connectivity index is 0.00000368. The van der Waals surface area contributed by atoms with Crippen LogP contribution in [0.1, 0.15) is 29.8 Å². The fourth-order valence-corrected chi connectivity index (χ4v) is 5.60. The van der Waals surface area contributed by atoms with Crippen molar-refractivity contribution in [3.8, 4) is 28.3 Å². The summed E-state index contributed by atoms with van der Waals surface area (Å²) in [6, 6.07) is 12.6. The topological polar surface area (TPSA) is 132 Å². The summed E-state index contributed by atoms with van der Waals surface area (Å²) in [6.07, 6.45) is 0. The van der Waals surface area contributed by atoms with Gasteiger partial charge in [0.15, 0.2) is 12.4 Å². The highest BCUT2D eigenvalue weighted by Crippen LogP contribution is 2.43. The van der Waals surface area contributed by atoms with Crippen molar-refractivity contribution in [2.45, 2.75) is 19.9 Å². The van der Waals surface area contributed by atoms with Gasteiger partial charge in [-0.05, 0) is 44.2 Å². The molecule has 1 aromatic heterocycles. The van der Waals surface area contributed by atoms with Gasteiger partial charge in [0.2, 0.25) is 0 Å². The summed E-state index contributed by atoms with van der Waals surface area (Å²) in [5.41, 5.74) is 6.66. The number of ketones is 1. The minimum atomic E-state index is -0.418. The van der Waals surface area contributed by atoms with Gasteiger partial charge in [0.05, 0.1) is 35.7 Å². The molecule has 0 radical (unpaired) electrons. The number of benzene rings is 2. The van der Waals surface area contributed by atoms with E-state index >= 15 is 0 Å². The average molecular weight is 610 g/mol. The lowest BCUT2D eigenvalue weighted by atomic mass is 10.0. The molecule has 228 valence electrons. The zero-order chi connectivity index (χ0) is 29.2. The second kappa shape index (κ2) is 13.1. The Bertz CT molecular complexity index is 1480. The third-order valence-electron chi connectivity index (χ3n) is 7.96. The number of hydrogen-bond acceptors (Lipinski definition) is 8. The molecule has 2 aliphatic heterocycles. The normalized spacial score (nSPS) is 16.8. The Morgan fingerprint density at radius 2 is 1.72 bits per heavy atom. The number of urea groups is 1. The van der Waals surface area contributed by atoms with Crippen LogP contribution in [-0.2, 0) is 9.53 Å². The predicted molar refractivity (Wildman–Crippen MR) is 163 cm³/mol. The molecular formula is C30H36ClN7O5. The molecule has 0 spiro atoms. The van der Waals surface area contributed by atoms with Gasteiger partial charge >= 0.3 is 6.03 Å². The average Bonchev–Trinajstić information content (AvgIpc) is 3.56. The fraction of sp³-hybridized carbons (Fsp3) is 0.400. The zero-order valence-electron chi connectivity index (χ0n) is 24.2. The number of nitrogens with one attached hydrogen (secondary N) is 3. The summed E-state index contributed by atoms with van der Waals surface area (Å²) in [5.74, 6) is 0.320. The lowest BCUT2D eigenvalue weighted by Crippen LogP contribution is -2.51. The van der Waals surface area contributed by atoms with Crippen LogP contribution in [-0.4, -0.2) is 108 Å². The molecule has 6 rings (SSSR count). The number of aromatic amines is 1. The molecule has 3 heterocycles. The first-order valence-electron chi connectivity index (χ1n) is 14.3. The van der Waals surface area contributed by atoms with Gasteiger partial charge in [-0.2, -0.15) is 5.10 Å². The van der Waals surface area contributed by atoms with Gasteiger partial charge in [-0.15, -0.1) is 12.4 Å². The third-order valence-corrected chi connectivity index (χ3v) is 7.96. The first-order chi connectivity index (χ1) is 20.4. The molecule has 3 aromatic rings. The van der Waals surface area contributed by atoms with E-state index in [0.717, 1.165) is 18.7 Å². The summed E-state index contributed by atoms with van der Waals surface area (Å²) >= 11 is 0. The number of halogens is 1. The SMILES string of the molecule is CC(C)N1CCN(C(=O)COc2ccc(-c3n[nH]c4c3C(=O)c3c(NC(=O)NN5CCOCC5)cccc3-4)cc2)CC1.Cl. The molecule has 1 aliphatic carbocycles. The molecule has 0 bridgehead atoms. The van der Waals surface area contributed by atoms with Crippen molar-refractivity contribution in [2.24, 2.45) is 0 Å². The van der Waals surface area contributed by atoms with E-state index in [9.17, 15) is 14.4 Å². The smallest absolute Gasteiger partial charge is 0.333 e. The van der Waals surface area contributed by atoms with Gasteiger partial charge in [-0.1, -0.05) is 12.1 Å². The van der Waals surface area contributed by atoms with Crippen molar-refractivity contribution in [1.29, 1.82) is 0 Å². The van der Waals surface area contributed by atoms with Gasteiger partial charge in [0.1, 0.15) is 11.4 Å². The van der Waals surface area contributed by atoms with Gasteiger partial charge in [-0.25, -0.2) is 9.80 Å². The van der Waals surface area contributed by atoms with Crippen molar-refractivity contribution in [1.82, 2.24) is 30.4 Å². The van der Waals surface area contributed by atoms with E-state index in [1.54, 1.807) is 29.3 Å². The number of ether oxygens (including phenoxy) is 2. The molecule has 13 heteroatoms. The number of hydrogen-bond donors (Lipinski definition) is 3. The van der Waals surface area contributed by atoms with Gasteiger partial charge in [0.25, 0.3) is 5.91 Å². The van der Waals surface area contributed by atoms with E-state index in [0.29, 0.717) is 84.9 Å². The van der Waals surface area contributed by atoms with Crippen LogP contribution in [0, 0.1) is 0 Å². The Labute approximate surface area is 256 Å². The van der Waals surface area contributed by atoms with Crippen molar-refractivity contribution >= 4 is 35.8 Å². The van der Waals surface area contributed by atoms with Crippen LogP contribution in [0.25, 0.3) is 22.5 Å². The number of morpholine rings is 1. The van der Waals surface area contributed by atoms with Crippen LogP contribution in [0.2, 0.25) is 0 Å². The number of hydrazine groups is 1. The standard InChI is InChI=1S/C30H35N7O5.ClH/c1-19(2)35-10-12-36(13-11-35)24(38)18-42-21-8-6-20(7-9-21)27-26-28(33-32-27)22-4-3-5-23(25(22)29(26)39)31-30(40)34-37-14-16-41-17-15-37;/h3-9,19H,10-18H2,1-2H3,(H,32,33)(H2,31,34,40);1H. The van der Waals surface area contributed by atoms with E-state index in [2.05, 4.69) is 39.7 Å². The minimum Gasteiger partial charge on any atom is -0.484 e. The molecule has 2 fully saturated rings. The summed E-state index contributed by atoms with van der Waals surface area (Å²) in [6.45, 7) is 9.73. The zero-order valence-corrected chi connectivity index (χ0v) is 25.0. The monoisotopic (exact) mass is 609 g/mol. The molecule has 12 nitrogen and oxygen atoms in total. The number of amides is 3. The van der Waals surface area contributed by atoms with Crippen molar-refractivity contribution in [3.05, 3.63) is 53.6 Å². The molecule has 3 amide bonds. The Hall–Kier alpha value is -3.97. The quantitative estimate of drug-likeness (QED) is 0.291. The van der Waals surface area contributed by atoms with Crippen molar-refractivity contribution in [3.63, 3.8) is 0 Å². The summed E-state index contributed by atoms with van der Waals surface area (Å²) < 4.78 is 11.1. The molecule has 0 unspecified atom stereocenters. The van der Waals surface area contributed by atoms with Crippen molar-refractivity contribution < 1.29 is 23.9 Å². The number of anilines is 1. The van der Waals surface area contributed by atoms with Crippen LogP contribution in [0.15, 0.2) is 42.5 Å². The lowest BCUT2D eigenvalue weighted by molar-refractivity contribution is -0.135. The van der Waals surface area contributed by atoms with Crippen LogP contribution in [0.3, 0.4) is 0 Å². The van der Waals surface area contributed by atoms with E-state index < -0.39 is 6.03 Å². The van der Waals surface area contributed by atoms with Crippen LogP contribution in [0.4, 0.5) is 10.5 Å². The van der Waals surface area contributed by atoms with E-state index in [1.165, 1.54) is 0 Å². The highest BCUT2D eigenvalue weighted by atomic mass is 35.5. The molecule has 0 saturated carbocycles. The van der Waals surface area contributed by atoms with Crippen molar-refractivity contribution in [2.75, 3.05) is 64.4 Å². The number of H-pyrrole nitrogens is 1. The summed E-state index contributed by atoms with van der Waals surface area (Å²) in [4.78, 5) is 43.2. The van der Waals surface area contributed by atoms with E-state index in [4.69, 9.17) is 9.47 Å². The highest BCUT2D eigenvalue weighted by molar-refractivity contribution is 6.26. The summed E-state index contributed by atoms with van der Waals surface area (Å²) in [7, 11) is 0. The van der Waals surface area contributed by atoms with Gasteiger partial charge in [0, 0.05) is 56.4 Å². The maximum atomic E-state index is 13.7. The Kier molecular flexibility index (Phi) is 9.31. The number of nitrogens with zero attached hydrogens (tertiary/aromatic N) is 4. The van der Waals surface area contributed by atoms with Crippen LogP contribution >= 0.6 is 12.4 Å². The van der Waals surface area contributed by atoms with Crippen LogP contribution in [0.5, 0.6) is 5.75 Å². The maximum Gasteiger partial charge on any atom is 0.333 e.